The van der Waals surface area contributed by atoms with Gasteiger partial charge in [0.2, 0.25) is 0 Å². The van der Waals surface area contributed by atoms with E-state index in [0.29, 0.717) is 5.69 Å². The van der Waals surface area contributed by atoms with Gasteiger partial charge in [0.05, 0.1) is 11.1 Å². The van der Waals surface area contributed by atoms with Gasteiger partial charge in [0.15, 0.2) is 0 Å². The predicted molar refractivity (Wildman–Crippen MR) is 88.1 cm³/mol. The van der Waals surface area contributed by atoms with Gasteiger partial charge in [0.1, 0.15) is 0 Å². The van der Waals surface area contributed by atoms with Gasteiger partial charge in [0.25, 0.3) is 5.91 Å². The molecule has 0 bridgehead atoms. The largest absolute Gasteiger partial charge is 0.386 e. The lowest BCUT2D eigenvalue weighted by Gasteiger charge is -2.07. The maximum atomic E-state index is 12.4. The van der Waals surface area contributed by atoms with Crippen LogP contribution < -0.4 is 5.32 Å². The molecule has 5 heteroatoms. The van der Waals surface area contributed by atoms with Crippen LogP contribution in [0.25, 0.3) is 10.8 Å². The molecule has 0 saturated heterocycles. The number of amides is 1. The van der Waals surface area contributed by atoms with E-state index in [9.17, 15) is 14.4 Å². The molecule has 1 amide bonds. The SMILES string of the molecule is O=C(Nc1ccc2ccccc2c1)c1ccc2c(c1)C(=O)OC2=O. The molecule has 0 aromatic heterocycles. The Labute approximate surface area is 136 Å². The Morgan fingerprint density at radius 3 is 2.38 bits per heavy atom. The normalized spacial score (nSPS) is 12.8. The number of cyclic esters (lactones) is 2. The molecule has 1 N–H and O–H groups in total. The second kappa shape index (κ2) is 5.31. The molecule has 1 aliphatic rings. The van der Waals surface area contributed by atoms with E-state index in [1.807, 2.05) is 42.5 Å². The van der Waals surface area contributed by atoms with Gasteiger partial charge in [-0.3, -0.25) is 4.79 Å². The molecule has 0 saturated carbocycles. The summed E-state index contributed by atoms with van der Waals surface area (Å²) in [4.78, 5) is 35.4. The minimum atomic E-state index is -0.727. The average molecular weight is 317 g/mol. The number of benzene rings is 3. The van der Waals surface area contributed by atoms with Crippen molar-refractivity contribution in [3.8, 4) is 0 Å². The van der Waals surface area contributed by atoms with E-state index in [4.69, 9.17) is 0 Å². The fourth-order valence-corrected chi connectivity index (χ4v) is 2.70. The van der Waals surface area contributed by atoms with E-state index in [-0.39, 0.29) is 22.6 Å². The first-order valence-electron chi connectivity index (χ1n) is 7.32. The van der Waals surface area contributed by atoms with Crippen LogP contribution in [0.15, 0.2) is 60.7 Å². The molecular formula is C19H11NO4. The average Bonchev–Trinajstić information content (AvgIpc) is 2.88. The summed E-state index contributed by atoms with van der Waals surface area (Å²) in [5, 5.41) is 4.88. The van der Waals surface area contributed by atoms with Crippen LogP contribution in [-0.2, 0) is 4.74 Å². The Morgan fingerprint density at radius 1 is 0.792 bits per heavy atom. The van der Waals surface area contributed by atoms with Crippen molar-refractivity contribution in [1.82, 2.24) is 0 Å². The highest BCUT2D eigenvalue weighted by Crippen LogP contribution is 2.23. The van der Waals surface area contributed by atoms with Crippen LogP contribution in [0.5, 0.6) is 0 Å². The summed E-state index contributed by atoms with van der Waals surface area (Å²) < 4.78 is 4.52. The van der Waals surface area contributed by atoms with Crippen LogP contribution in [0, 0.1) is 0 Å². The van der Waals surface area contributed by atoms with E-state index in [1.165, 1.54) is 18.2 Å². The molecule has 0 unspecified atom stereocenters. The second-order valence-corrected chi connectivity index (χ2v) is 5.45. The fraction of sp³-hybridized carbons (Fsp3) is 0. The quantitative estimate of drug-likeness (QED) is 0.581. The van der Waals surface area contributed by atoms with Crippen molar-refractivity contribution in [1.29, 1.82) is 0 Å². The van der Waals surface area contributed by atoms with Crippen molar-refractivity contribution >= 4 is 34.3 Å². The number of hydrogen-bond donors (Lipinski definition) is 1. The van der Waals surface area contributed by atoms with Crippen LogP contribution in [-0.4, -0.2) is 17.8 Å². The van der Waals surface area contributed by atoms with Crippen LogP contribution in [0.4, 0.5) is 5.69 Å². The molecule has 4 rings (SSSR count). The molecule has 3 aromatic rings. The number of nitrogens with one attached hydrogen (secondary N) is 1. The zero-order chi connectivity index (χ0) is 16.7. The van der Waals surface area contributed by atoms with E-state index >= 15 is 0 Å². The summed E-state index contributed by atoms with van der Waals surface area (Å²) in [6.07, 6.45) is 0. The molecule has 1 aliphatic heterocycles. The zero-order valence-electron chi connectivity index (χ0n) is 12.4. The number of esters is 2. The molecule has 24 heavy (non-hydrogen) atoms. The molecule has 3 aromatic carbocycles. The zero-order valence-corrected chi connectivity index (χ0v) is 12.4. The van der Waals surface area contributed by atoms with Crippen molar-refractivity contribution < 1.29 is 19.1 Å². The van der Waals surface area contributed by atoms with Crippen LogP contribution in [0.1, 0.15) is 31.1 Å². The van der Waals surface area contributed by atoms with Crippen molar-refractivity contribution in [2.45, 2.75) is 0 Å². The lowest BCUT2D eigenvalue weighted by molar-refractivity contribution is 0.0443. The van der Waals surface area contributed by atoms with Crippen molar-refractivity contribution in [2.75, 3.05) is 5.32 Å². The van der Waals surface area contributed by atoms with E-state index in [0.717, 1.165) is 10.8 Å². The maximum Gasteiger partial charge on any atom is 0.346 e. The number of fused-ring (bicyclic) bond motifs is 2. The van der Waals surface area contributed by atoms with Crippen molar-refractivity contribution in [2.24, 2.45) is 0 Å². The van der Waals surface area contributed by atoms with E-state index < -0.39 is 11.9 Å². The topological polar surface area (TPSA) is 72.5 Å². The third-order valence-corrected chi connectivity index (χ3v) is 3.91. The van der Waals surface area contributed by atoms with E-state index in [1.54, 1.807) is 0 Å². The Morgan fingerprint density at radius 2 is 1.54 bits per heavy atom. The van der Waals surface area contributed by atoms with Gasteiger partial charge in [-0.15, -0.1) is 0 Å². The molecule has 1 heterocycles. The molecule has 116 valence electrons. The standard InChI is InChI=1S/C19H11NO4/c21-17(13-6-8-15-16(10-13)19(23)24-18(15)22)20-14-7-5-11-3-1-2-4-12(11)9-14/h1-10H,(H,20,21). The lowest BCUT2D eigenvalue weighted by atomic mass is 10.0. The summed E-state index contributed by atoms with van der Waals surface area (Å²) >= 11 is 0. The van der Waals surface area contributed by atoms with Gasteiger partial charge in [-0.05, 0) is 41.1 Å². The number of ether oxygens (including phenoxy) is 1. The van der Waals surface area contributed by atoms with Gasteiger partial charge < -0.3 is 10.1 Å². The molecule has 5 nitrogen and oxygen atoms in total. The van der Waals surface area contributed by atoms with E-state index in [2.05, 4.69) is 10.1 Å². The summed E-state index contributed by atoms with van der Waals surface area (Å²) in [5.41, 5.74) is 1.24. The number of anilines is 1. The first-order valence-corrected chi connectivity index (χ1v) is 7.32. The highest BCUT2D eigenvalue weighted by Gasteiger charge is 2.30. The van der Waals surface area contributed by atoms with Crippen LogP contribution in [0.2, 0.25) is 0 Å². The number of carbonyl (C=O) groups excluding carboxylic acids is 3. The molecule has 0 fully saturated rings. The van der Waals surface area contributed by atoms with Gasteiger partial charge in [-0.2, -0.15) is 0 Å². The third kappa shape index (κ3) is 2.32. The molecule has 0 atom stereocenters. The number of carbonyl (C=O) groups is 3. The summed E-state index contributed by atoms with van der Waals surface area (Å²) in [6.45, 7) is 0. The highest BCUT2D eigenvalue weighted by molar-refractivity contribution is 6.16. The smallest absolute Gasteiger partial charge is 0.346 e. The molecular weight excluding hydrogens is 306 g/mol. The minimum Gasteiger partial charge on any atom is -0.386 e. The fourth-order valence-electron chi connectivity index (χ4n) is 2.70. The molecule has 0 radical (unpaired) electrons. The summed E-state index contributed by atoms with van der Waals surface area (Å²) in [7, 11) is 0. The molecule has 0 spiro atoms. The predicted octanol–water partition coefficient (Wildman–Crippen LogP) is 3.40. The Hall–Kier alpha value is -3.47. The highest BCUT2D eigenvalue weighted by atomic mass is 16.6. The Kier molecular flexibility index (Phi) is 3.13. The van der Waals surface area contributed by atoms with Crippen molar-refractivity contribution in [3.63, 3.8) is 0 Å². The number of rotatable bonds is 2. The minimum absolute atomic E-state index is 0.117. The lowest BCUT2D eigenvalue weighted by Crippen LogP contribution is -2.12. The monoisotopic (exact) mass is 317 g/mol. The van der Waals surface area contributed by atoms with Crippen LogP contribution >= 0.6 is 0 Å². The van der Waals surface area contributed by atoms with Crippen LogP contribution in [0.3, 0.4) is 0 Å². The summed E-state index contributed by atoms with van der Waals surface area (Å²) in [5.74, 6) is -1.77. The summed E-state index contributed by atoms with van der Waals surface area (Å²) in [6, 6.07) is 17.7. The first-order chi connectivity index (χ1) is 11.6. The van der Waals surface area contributed by atoms with Gasteiger partial charge in [-0.25, -0.2) is 9.59 Å². The van der Waals surface area contributed by atoms with Crippen molar-refractivity contribution in [3.05, 3.63) is 77.4 Å². The molecule has 0 aliphatic carbocycles. The first kappa shape index (κ1) is 14.1. The van der Waals surface area contributed by atoms with Gasteiger partial charge >= 0.3 is 11.9 Å². The van der Waals surface area contributed by atoms with Gasteiger partial charge in [-0.1, -0.05) is 30.3 Å². The third-order valence-electron chi connectivity index (χ3n) is 3.91. The number of hydrogen-bond acceptors (Lipinski definition) is 4. The van der Waals surface area contributed by atoms with Gasteiger partial charge in [0, 0.05) is 11.3 Å². The maximum absolute atomic E-state index is 12.4. The second-order valence-electron chi connectivity index (χ2n) is 5.45. The Balaban J connectivity index is 1.63. The Bertz CT molecular complexity index is 1020.